The van der Waals surface area contributed by atoms with Gasteiger partial charge in [-0.3, -0.25) is 4.79 Å². The molecule has 4 rings (SSSR count). The van der Waals surface area contributed by atoms with Crippen LogP contribution in [0.4, 0.5) is 0 Å². The van der Waals surface area contributed by atoms with Gasteiger partial charge in [-0.25, -0.2) is 4.79 Å². The number of rotatable bonds is 4. The molecule has 1 aliphatic rings. The number of ether oxygens (including phenoxy) is 3. The predicted molar refractivity (Wildman–Crippen MR) is 114 cm³/mol. The number of hydrogen-bond donors (Lipinski definition) is 0. The highest BCUT2D eigenvalue weighted by molar-refractivity contribution is 6.32. The van der Waals surface area contributed by atoms with Crippen molar-refractivity contribution in [2.75, 3.05) is 7.11 Å². The summed E-state index contributed by atoms with van der Waals surface area (Å²) in [6, 6.07) is 17.0. The van der Waals surface area contributed by atoms with Crippen molar-refractivity contribution in [1.29, 1.82) is 0 Å². The number of carbonyl (C=O) groups is 2. The highest BCUT2D eigenvalue weighted by Crippen LogP contribution is 2.38. The molecular formula is C24H17ClO5. The van der Waals surface area contributed by atoms with Gasteiger partial charge in [-0.2, -0.15) is 0 Å². The fourth-order valence-corrected chi connectivity index (χ4v) is 3.38. The van der Waals surface area contributed by atoms with E-state index < -0.39 is 5.97 Å². The summed E-state index contributed by atoms with van der Waals surface area (Å²) in [7, 11) is 1.52. The van der Waals surface area contributed by atoms with E-state index in [2.05, 4.69) is 0 Å². The topological polar surface area (TPSA) is 61.8 Å². The number of methoxy groups -OCH3 is 1. The van der Waals surface area contributed by atoms with Crippen LogP contribution in [0.25, 0.3) is 6.08 Å². The van der Waals surface area contributed by atoms with Crippen LogP contribution in [0.2, 0.25) is 5.02 Å². The monoisotopic (exact) mass is 420 g/mol. The Hall–Kier alpha value is -3.57. The van der Waals surface area contributed by atoms with Gasteiger partial charge in [0.05, 0.1) is 18.2 Å². The van der Waals surface area contributed by atoms with Crippen molar-refractivity contribution in [3.63, 3.8) is 0 Å². The number of allylic oxidation sites excluding steroid dienone is 1. The molecule has 0 unspecified atom stereocenters. The molecule has 0 spiro atoms. The molecule has 1 heterocycles. The molecule has 150 valence electrons. The fraction of sp³-hybridized carbons (Fsp3) is 0.0833. The van der Waals surface area contributed by atoms with E-state index in [-0.39, 0.29) is 17.3 Å². The average molecular weight is 421 g/mol. The Kier molecular flexibility index (Phi) is 5.29. The number of ketones is 1. The van der Waals surface area contributed by atoms with E-state index in [1.807, 2.05) is 12.1 Å². The van der Waals surface area contributed by atoms with E-state index in [4.69, 9.17) is 25.8 Å². The first kappa shape index (κ1) is 19.7. The highest BCUT2D eigenvalue weighted by atomic mass is 35.5. The molecule has 3 aromatic carbocycles. The van der Waals surface area contributed by atoms with Gasteiger partial charge < -0.3 is 14.2 Å². The molecule has 0 saturated heterocycles. The van der Waals surface area contributed by atoms with Crippen molar-refractivity contribution >= 4 is 29.4 Å². The Bertz CT molecular complexity index is 1200. The molecule has 0 saturated carbocycles. The van der Waals surface area contributed by atoms with Gasteiger partial charge >= 0.3 is 5.97 Å². The molecule has 3 aromatic rings. The molecule has 0 radical (unpaired) electrons. The zero-order chi connectivity index (χ0) is 21.3. The van der Waals surface area contributed by atoms with Crippen molar-refractivity contribution < 1.29 is 23.8 Å². The third-order valence-corrected chi connectivity index (χ3v) is 5.00. The predicted octanol–water partition coefficient (Wildman–Crippen LogP) is 5.49. The van der Waals surface area contributed by atoms with Crippen LogP contribution in [0.15, 0.2) is 66.4 Å². The molecule has 5 nitrogen and oxygen atoms in total. The van der Waals surface area contributed by atoms with Crippen LogP contribution in [0, 0.1) is 6.92 Å². The molecule has 0 N–H and O–H groups in total. The number of carbonyl (C=O) groups excluding carboxylic acids is 2. The smallest absolute Gasteiger partial charge is 0.343 e. The molecule has 0 aliphatic carbocycles. The van der Waals surface area contributed by atoms with Crippen molar-refractivity contribution in [1.82, 2.24) is 0 Å². The van der Waals surface area contributed by atoms with Crippen molar-refractivity contribution in [3.05, 3.63) is 93.7 Å². The Morgan fingerprint density at radius 2 is 1.83 bits per heavy atom. The molecular weight excluding hydrogens is 404 g/mol. The van der Waals surface area contributed by atoms with Crippen molar-refractivity contribution in [2.24, 2.45) is 0 Å². The third-order valence-electron chi connectivity index (χ3n) is 4.65. The van der Waals surface area contributed by atoms with Crippen molar-refractivity contribution in [3.8, 4) is 17.2 Å². The molecule has 0 fully saturated rings. The lowest BCUT2D eigenvalue weighted by atomic mass is 10.0. The minimum atomic E-state index is -0.538. The first-order chi connectivity index (χ1) is 14.5. The maximum atomic E-state index is 12.8. The Labute approximate surface area is 178 Å². The van der Waals surface area contributed by atoms with Gasteiger partial charge in [0.1, 0.15) is 17.2 Å². The van der Waals surface area contributed by atoms with Crippen LogP contribution >= 0.6 is 11.6 Å². The quantitative estimate of drug-likeness (QED) is 0.317. The van der Waals surface area contributed by atoms with E-state index in [9.17, 15) is 9.59 Å². The van der Waals surface area contributed by atoms with Gasteiger partial charge in [-0.1, -0.05) is 35.9 Å². The summed E-state index contributed by atoms with van der Waals surface area (Å²) in [5, 5.41) is 0.516. The molecule has 0 bridgehead atoms. The second-order valence-electron chi connectivity index (χ2n) is 6.70. The number of aryl methyl sites for hydroxylation is 1. The van der Waals surface area contributed by atoms with Gasteiger partial charge in [-0.15, -0.1) is 0 Å². The summed E-state index contributed by atoms with van der Waals surface area (Å²) in [5.74, 6) is 0.561. The summed E-state index contributed by atoms with van der Waals surface area (Å²) in [6.45, 7) is 1.77. The number of hydrogen-bond acceptors (Lipinski definition) is 5. The number of esters is 1. The normalized spacial score (nSPS) is 13.7. The maximum Gasteiger partial charge on any atom is 0.343 e. The molecule has 0 amide bonds. The third kappa shape index (κ3) is 3.80. The van der Waals surface area contributed by atoms with E-state index in [0.717, 1.165) is 0 Å². The highest BCUT2D eigenvalue weighted by Gasteiger charge is 2.30. The molecule has 0 atom stereocenters. The lowest BCUT2D eigenvalue weighted by Crippen LogP contribution is -2.09. The van der Waals surface area contributed by atoms with Gasteiger partial charge in [0.15, 0.2) is 5.76 Å². The number of halogens is 1. The van der Waals surface area contributed by atoms with E-state index in [0.29, 0.717) is 38.8 Å². The Morgan fingerprint density at radius 1 is 1.03 bits per heavy atom. The first-order valence-corrected chi connectivity index (χ1v) is 9.53. The average Bonchev–Trinajstić information content (AvgIpc) is 3.05. The lowest BCUT2D eigenvalue weighted by molar-refractivity contribution is 0.0734. The standard InChI is InChI=1S/C24H17ClO5/c1-14-10-18(29-24(27)16-7-5-8-17(11-16)28-2)13-20-22(14)23(26)21(30-20)12-15-6-3-4-9-19(15)25/h3-13H,1-2H3/b21-12-. The number of benzene rings is 3. The first-order valence-electron chi connectivity index (χ1n) is 9.16. The number of fused-ring (bicyclic) bond motifs is 1. The van der Waals surface area contributed by atoms with Crippen LogP contribution in [-0.4, -0.2) is 18.9 Å². The largest absolute Gasteiger partial charge is 0.497 e. The number of Topliss-reactive ketones (excluding diaryl/α,β-unsaturated/α-hetero) is 1. The summed E-state index contributed by atoms with van der Waals surface area (Å²) >= 11 is 6.18. The Balaban J connectivity index is 1.61. The maximum absolute atomic E-state index is 12.8. The van der Waals surface area contributed by atoms with E-state index in [1.54, 1.807) is 55.5 Å². The van der Waals surface area contributed by atoms with Crippen molar-refractivity contribution in [2.45, 2.75) is 6.92 Å². The molecule has 1 aliphatic heterocycles. The van der Waals surface area contributed by atoms with Crippen LogP contribution in [0.1, 0.15) is 31.8 Å². The zero-order valence-electron chi connectivity index (χ0n) is 16.3. The fourth-order valence-electron chi connectivity index (χ4n) is 3.19. The van der Waals surface area contributed by atoms with Gasteiger partial charge in [0, 0.05) is 11.1 Å². The van der Waals surface area contributed by atoms with Crippen LogP contribution in [0.5, 0.6) is 17.2 Å². The molecule has 6 heteroatoms. The second-order valence-corrected chi connectivity index (χ2v) is 7.10. The lowest BCUT2D eigenvalue weighted by Gasteiger charge is -2.08. The van der Waals surface area contributed by atoms with Crippen LogP contribution < -0.4 is 14.2 Å². The SMILES string of the molecule is COc1cccc(C(=O)Oc2cc(C)c3c(c2)O/C(=C\c2ccccc2Cl)C3=O)c1. The van der Waals surface area contributed by atoms with Gasteiger partial charge in [0.2, 0.25) is 5.78 Å². The minimum absolute atomic E-state index is 0.164. The van der Waals surface area contributed by atoms with E-state index >= 15 is 0 Å². The zero-order valence-corrected chi connectivity index (χ0v) is 17.0. The summed E-state index contributed by atoms with van der Waals surface area (Å²) in [6.07, 6.45) is 1.60. The van der Waals surface area contributed by atoms with Crippen LogP contribution in [0.3, 0.4) is 0 Å². The minimum Gasteiger partial charge on any atom is -0.497 e. The van der Waals surface area contributed by atoms with E-state index in [1.165, 1.54) is 13.2 Å². The molecule has 0 aromatic heterocycles. The van der Waals surface area contributed by atoms with Crippen LogP contribution in [-0.2, 0) is 0 Å². The van der Waals surface area contributed by atoms with Gasteiger partial charge in [-0.05, 0) is 54.5 Å². The summed E-state index contributed by atoms with van der Waals surface area (Å²) < 4.78 is 16.4. The molecule has 30 heavy (non-hydrogen) atoms. The van der Waals surface area contributed by atoms with Gasteiger partial charge in [0.25, 0.3) is 0 Å². The summed E-state index contributed by atoms with van der Waals surface area (Å²) in [4.78, 5) is 25.3. The summed E-state index contributed by atoms with van der Waals surface area (Å²) in [5.41, 5.74) is 2.12. The second kappa shape index (κ2) is 8.05. The Morgan fingerprint density at radius 3 is 2.60 bits per heavy atom.